The summed E-state index contributed by atoms with van der Waals surface area (Å²) >= 11 is 0. The summed E-state index contributed by atoms with van der Waals surface area (Å²) in [7, 11) is 0. The van der Waals surface area contributed by atoms with E-state index in [4.69, 9.17) is 0 Å². The quantitative estimate of drug-likeness (QED) is 0.571. The van der Waals surface area contributed by atoms with Crippen molar-refractivity contribution in [1.82, 2.24) is 9.97 Å². The summed E-state index contributed by atoms with van der Waals surface area (Å²) in [4.78, 5) is 21.3. The highest BCUT2D eigenvalue weighted by molar-refractivity contribution is 6.12. The van der Waals surface area contributed by atoms with Gasteiger partial charge in [0.2, 0.25) is 0 Å². The van der Waals surface area contributed by atoms with E-state index in [2.05, 4.69) is 9.97 Å². The molecule has 0 amide bonds. The SMILES string of the molecule is O=C1CC=Cc2ccc3nc4ccccc4nc3c21. The van der Waals surface area contributed by atoms with Crippen LogP contribution in [0.15, 0.2) is 42.5 Å². The van der Waals surface area contributed by atoms with Gasteiger partial charge in [-0.3, -0.25) is 4.79 Å². The molecule has 0 atom stereocenters. The molecule has 1 aromatic heterocycles. The van der Waals surface area contributed by atoms with E-state index in [0.29, 0.717) is 17.5 Å². The van der Waals surface area contributed by atoms with Gasteiger partial charge in [0.25, 0.3) is 0 Å². The first-order valence-electron chi connectivity index (χ1n) is 6.22. The Kier molecular flexibility index (Phi) is 2.03. The Hall–Kier alpha value is -2.55. The second kappa shape index (κ2) is 3.72. The van der Waals surface area contributed by atoms with Crippen molar-refractivity contribution < 1.29 is 4.79 Å². The number of para-hydroxylation sites is 2. The van der Waals surface area contributed by atoms with Crippen LogP contribution in [0.5, 0.6) is 0 Å². The van der Waals surface area contributed by atoms with Gasteiger partial charge in [0.1, 0.15) is 5.52 Å². The first kappa shape index (κ1) is 10.4. The smallest absolute Gasteiger partial charge is 0.169 e. The number of ketones is 1. The molecular weight excluding hydrogens is 236 g/mol. The Balaban J connectivity index is 2.19. The van der Waals surface area contributed by atoms with Crippen molar-refractivity contribution in [1.29, 1.82) is 0 Å². The highest BCUT2D eigenvalue weighted by Crippen LogP contribution is 2.27. The molecule has 2 aromatic carbocycles. The van der Waals surface area contributed by atoms with Crippen molar-refractivity contribution in [3.63, 3.8) is 0 Å². The van der Waals surface area contributed by atoms with Crippen LogP contribution in [0.4, 0.5) is 0 Å². The zero-order chi connectivity index (χ0) is 12.8. The molecule has 1 aliphatic carbocycles. The monoisotopic (exact) mass is 246 g/mol. The molecular formula is C16H10N2O. The predicted octanol–water partition coefficient (Wildman–Crippen LogP) is 3.38. The number of Topliss-reactive ketones (excluding diaryl/α,β-unsaturated/α-hetero) is 1. The first-order chi connectivity index (χ1) is 9.33. The van der Waals surface area contributed by atoms with Crippen molar-refractivity contribution in [2.24, 2.45) is 0 Å². The Labute approximate surface area is 109 Å². The molecule has 19 heavy (non-hydrogen) atoms. The van der Waals surface area contributed by atoms with Crippen LogP contribution in [-0.2, 0) is 0 Å². The van der Waals surface area contributed by atoms with E-state index in [1.54, 1.807) is 0 Å². The van der Waals surface area contributed by atoms with E-state index in [9.17, 15) is 4.79 Å². The molecule has 0 spiro atoms. The normalized spacial score (nSPS) is 14.0. The molecule has 1 aliphatic rings. The van der Waals surface area contributed by atoms with Gasteiger partial charge in [-0.05, 0) is 23.8 Å². The molecule has 0 saturated carbocycles. The highest BCUT2D eigenvalue weighted by atomic mass is 16.1. The van der Waals surface area contributed by atoms with Crippen LogP contribution in [0, 0.1) is 0 Å². The number of nitrogens with zero attached hydrogens (tertiary/aromatic N) is 2. The second-order valence-electron chi connectivity index (χ2n) is 4.64. The number of fused-ring (bicyclic) bond motifs is 4. The van der Waals surface area contributed by atoms with Gasteiger partial charge in [0.05, 0.1) is 22.1 Å². The predicted molar refractivity (Wildman–Crippen MR) is 75.0 cm³/mol. The average Bonchev–Trinajstić information content (AvgIpc) is 2.45. The van der Waals surface area contributed by atoms with E-state index in [-0.39, 0.29) is 5.78 Å². The van der Waals surface area contributed by atoms with E-state index in [1.165, 1.54) is 0 Å². The summed E-state index contributed by atoms with van der Waals surface area (Å²) in [6.07, 6.45) is 4.32. The number of carbonyl (C=O) groups excluding carboxylic acids is 1. The summed E-state index contributed by atoms with van der Waals surface area (Å²) in [5.74, 6) is 0.118. The van der Waals surface area contributed by atoms with Gasteiger partial charge < -0.3 is 0 Å². The summed E-state index contributed by atoms with van der Waals surface area (Å²) in [6, 6.07) is 11.6. The van der Waals surface area contributed by atoms with Gasteiger partial charge >= 0.3 is 0 Å². The molecule has 0 unspecified atom stereocenters. The van der Waals surface area contributed by atoms with Gasteiger partial charge in [0, 0.05) is 6.42 Å². The fraction of sp³-hybridized carbons (Fsp3) is 0.0625. The lowest BCUT2D eigenvalue weighted by atomic mass is 9.94. The average molecular weight is 246 g/mol. The molecule has 90 valence electrons. The minimum Gasteiger partial charge on any atom is -0.294 e. The Morgan fingerprint density at radius 3 is 2.53 bits per heavy atom. The van der Waals surface area contributed by atoms with Crippen LogP contribution in [0.1, 0.15) is 22.3 Å². The molecule has 0 radical (unpaired) electrons. The second-order valence-corrected chi connectivity index (χ2v) is 4.64. The number of carbonyl (C=O) groups is 1. The summed E-state index contributed by atoms with van der Waals surface area (Å²) in [5, 5.41) is 0. The third-order valence-electron chi connectivity index (χ3n) is 3.42. The molecule has 3 nitrogen and oxygen atoms in total. The van der Waals surface area contributed by atoms with Crippen LogP contribution in [0.25, 0.3) is 28.1 Å². The molecule has 0 bridgehead atoms. The number of benzene rings is 2. The number of hydrogen-bond acceptors (Lipinski definition) is 3. The fourth-order valence-corrected chi connectivity index (χ4v) is 2.53. The maximum absolute atomic E-state index is 12.1. The minimum absolute atomic E-state index is 0.118. The number of rotatable bonds is 0. The van der Waals surface area contributed by atoms with Gasteiger partial charge in [-0.2, -0.15) is 0 Å². The molecule has 4 rings (SSSR count). The van der Waals surface area contributed by atoms with Crippen molar-refractivity contribution in [3.05, 3.63) is 53.6 Å². The van der Waals surface area contributed by atoms with Crippen LogP contribution >= 0.6 is 0 Å². The first-order valence-corrected chi connectivity index (χ1v) is 6.22. The van der Waals surface area contributed by atoms with Gasteiger partial charge in [-0.1, -0.05) is 30.4 Å². The van der Waals surface area contributed by atoms with Crippen LogP contribution in [0.2, 0.25) is 0 Å². The lowest BCUT2D eigenvalue weighted by Gasteiger charge is -2.12. The van der Waals surface area contributed by atoms with Crippen LogP contribution in [0.3, 0.4) is 0 Å². The molecule has 0 saturated heterocycles. The maximum Gasteiger partial charge on any atom is 0.169 e. The van der Waals surface area contributed by atoms with Crippen molar-refractivity contribution in [2.45, 2.75) is 6.42 Å². The summed E-state index contributed by atoms with van der Waals surface area (Å²) in [5.41, 5.74) is 4.82. The van der Waals surface area contributed by atoms with Crippen molar-refractivity contribution in [3.8, 4) is 0 Å². The zero-order valence-electron chi connectivity index (χ0n) is 10.1. The van der Waals surface area contributed by atoms with Crippen LogP contribution in [-0.4, -0.2) is 15.8 Å². The van der Waals surface area contributed by atoms with E-state index < -0.39 is 0 Å². The summed E-state index contributed by atoms with van der Waals surface area (Å²) in [6.45, 7) is 0. The fourth-order valence-electron chi connectivity index (χ4n) is 2.53. The number of allylic oxidation sites excluding steroid dienone is 1. The Morgan fingerprint density at radius 2 is 1.68 bits per heavy atom. The molecule has 0 N–H and O–H groups in total. The lowest BCUT2D eigenvalue weighted by molar-refractivity contribution is 0.0996. The van der Waals surface area contributed by atoms with Gasteiger partial charge in [-0.25, -0.2) is 9.97 Å². The van der Waals surface area contributed by atoms with Crippen molar-refractivity contribution in [2.75, 3.05) is 0 Å². The van der Waals surface area contributed by atoms with E-state index in [0.717, 1.165) is 22.1 Å². The Bertz CT molecular complexity index is 865. The minimum atomic E-state index is 0.118. The summed E-state index contributed by atoms with van der Waals surface area (Å²) < 4.78 is 0. The van der Waals surface area contributed by atoms with Crippen LogP contribution < -0.4 is 0 Å². The Morgan fingerprint density at radius 1 is 0.895 bits per heavy atom. The zero-order valence-corrected chi connectivity index (χ0v) is 10.1. The third-order valence-corrected chi connectivity index (χ3v) is 3.42. The topological polar surface area (TPSA) is 42.9 Å². The standard InChI is InChI=1S/C16H10N2O/c19-14-7-3-4-10-8-9-13-16(15(10)14)18-12-6-2-1-5-11(12)17-13/h1-6,8-9H,7H2. The van der Waals surface area contributed by atoms with Gasteiger partial charge in [0.15, 0.2) is 5.78 Å². The maximum atomic E-state index is 12.1. The van der Waals surface area contributed by atoms with Crippen molar-refractivity contribution >= 4 is 33.9 Å². The molecule has 0 fully saturated rings. The van der Waals surface area contributed by atoms with E-state index >= 15 is 0 Å². The largest absolute Gasteiger partial charge is 0.294 e. The van der Waals surface area contributed by atoms with Gasteiger partial charge in [-0.15, -0.1) is 0 Å². The molecule has 0 aliphatic heterocycles. The third kappa shape index (κ3) is 1.48. The highest BCUT2D eigenvalue weighted by Gasteiger charge is 2.18. The number of hydrogen-bond donors (Lipinski definition) is 0. The lowest BCUT2D eigenvalue weighted by Crippen LogP contribution is -2.06. The molecule has 1 heterocycles. The molecule has 3 aromatic rings. The number of aromatic nitrogens is 2. The van der Waals surface area contributed by atoms with E-state index in [1.807, 2.05) is 48.6 Å². The molecule has 3 heteroatoms.